The predicted octanol–water partition coefficient (Wildman–Crippen LogP) is 2.59. The smallest absolute Gasteiger partial charge is 0.241 e. The summed E-state index contributed by atoms with van der Waals surface area (Å²) in [5.41, 5.74) is 9.95. The van der Waals surface area contributed by atoms with Gasteiger partial charge in [0.15, 0.2) is 0 Å². The number of carbonyl (C=O) groups is 1. The zero-order chi connectivity index (χ0) is 21.9. The molecule has 0 unspecified atom stereocenters. The van der Waals surface area contributed by atoms with Gasteiger partial charge in [-0.15, -0.1) is 0 Å². The normalized spacial score (nSPS) is 14.2. The molecule has 1 aromatic carbocycles. The Morgan fingerprint density at radius 1 is 1.33 bits per heavy atom. The molecule has 0 fully saturated rings. The summed E-state index contributed by atoms with van der Waals surface area (Å²) in [6, 6.07) is 11.5. The van der Waals surface area contributed by atoms with Gasteiger partial charge in [0.25, 0.3) is 0 Å². The van der Waals surface area contributed by atoms with Gasteiger partial charge in [0, 0.05) is 37.3 Å². The average molecular weight is 405 g/mol. The zero-order valence-electron chi connectivity index (χ0n) is 17.7. The fourth-order valence-electron chi connectivity index (χ4n) is 3.59. The molecule has 7 nitrogen and oxygen atoms in total. The second-order valence-electron chi connectivity index (χ2n) is 7.86. The van der Waals surface area contributed by atoms with Gasteiger partial charge in [-0.3, -0.25) is 15.2 Å². The Labute approximate surface area is 177 Å². The number of nitrogens with two attached hydrogens (primary N) is 1. The molecule has 0 saturated heterocycles. The van der Waals surface area contributed by atoms with Gasteiger partial charge < -0.3 is 16.0 Å². The van der Waals surface area contributed by atoms with Crippen LogP contribution in [0, 0.1) is 16.7 Å². The highest BCUT2D eigenvalue weighted by Gasteiger charge is 2.31. The first kappa shape index (κ1) is 21.5. The van der Waals surface area contributed by atoms with E-state index >= 15 is 0 Å². The third-order valence-corrected chi connectivity index (χ3v) is 5.88. The molecule has 1 atom stereocenters. The first-order valence-electron chi connectivity index (χ1n) is 10.2. The van der Waals surface area contributed by atoms with Gasteiger partial charge in [-0.05, 0) is 30.0 Å². The second-order valence-corrected chi connectivity index (χ2v) is 7.86. The fourth-order valence-corrected chi connectivity index (χ4v) is 3.59. The van der Waals surface area contributed by atoms with E-state index in [1.54, 1.807) is 6.20 Å². The molecule has 0 spiro atoms. The van der Waals surface area contributed by atoms with E-state index < -0.39 is 11.6 Å². The summed E-state index contributed by atoms with van der Waals surface area (Å²) in [5.74, 6) is 0.166. The molecule has 7 heteroatoms. The van der Waals surface area contributed by atoms with Gasteiger partial charge >= 0.3 is 0 Å². The third-order valence-electron chi connectivity index (χ3n) is 5.88. The van der Waals surface area contributed by atoms with Crippen LogP contribution in [0.1, 0.15) is 43.5 Å². The van der Waals surface area contributed by atoms with Crippen molar-refractivity contribution in [1.29, 1.82) is 10.7 Å². The van der Waals surface area contributed by atoms with Crippen LogP contribution in [0.2, 0.25) is 0 Å². The van der Waals surface area contributed by atoms with Crippen LogP contribution in [-0.2, 0) is 17.8 Å². The maximum Gasteiger partial charge on any atom is 0.241 e. The van der Waals surface area contributed by atoms with Crippen LogP contribution in [0.3, 0.4) is 0 Å². The number of aromatic nitrogens is 1. The minimum Gasteiger partial charge on any atom is -0.354 e. The maximum atomic E-state index is 12.5. The maximum absolute atomic E-state index is 12.5. The Hall–Kier alpha value is -3.24. The second kappa shape index (κ2) is 8.64. The van der Waals surface area contributed by atoms with Crippen molar-refractivity contribution in [3.63, 3.8) is 0 Å². The molecule has 2 aromatic rings. The number of amides is 1. The quantitative estimate of drug-likeness (QED) is 0.655. The molecule has 0 aliphatic carbocycles. The summed E-state index contributed by atoms with van der Waals surface area (Å²) in [7, 11) is 1.89. The van der Waals surface area contributed by atoms with Crippen molar-refractivity contribution < 1.29 is 4.79 Å². The Morgan fingerprint density at radius 3 is 2.60 bits per heavy atom. The van der Waals surface area contributed by atoms with Crippen LogP contribution in [0.15, 0.2) is 36.5 Å². The molecule has 0 radical (unpaired) electrons. The summed E-state index contributed by atoms with van der Waals surface area (Å²) >= 11 is 0. The molecule has 2 heterocycles. The number of nitrogens with one attached hydrogen (secondary N) is 2. The summed E-state index contributed by atoms with van der Waals surface area (Å²) in [6.07, 6.45) is 3.24. The Kier molecular flexibility index (Phi) is 6.18. The summed E-state index contributed by atoms with van der Waals surface area (Å²) in [6.45, 7) is 4.44. The average Bonchev–Trinajstić information content (AvgIpc) is 3.05. The standard InChI is InChI=1S/C23H28N6O/c1-4-23(26,5-2)22(30)28-19(12-24)10-15-6-8-16(9-7-15)17-11-18-14-29(3)21(25)20(18)27-13-17/h6-9,11,13,19,25H,4-5,10,14,26H2,1-3H3,(H,28,30)/t19-/m0/s1. The molecule has 0 bridgehead atoms. The lowest BCUT2D eigenvalue weighted by atomic mass is 9.92. The minimum atomic E-state index is -0.941. The van der Waals surface area contributed by atoms with Gasteiger partial charge in [-0.2, -0.15) is 5.26 Å². The highest BCUT2D eigenvalue weighted by atomic mass is 16.2. The lowest BCUT2D eigenvalue weighted by Gasteiger charge is -2.26. The molecule has 1 aliphatic heterocycles. The minimum absolute atomic E-state index is 0.282. The fraction of sp³-hybridized carbons (Fsp3) is 0.391. The summed E-state index contributed by atoms with van der Waals surface area (Å²) in [5, 5.41) is 20.3. The number of pyridine rings is 1. The number of nitriles is 1. The molecule has 0 saturated carbocycles. The van der Waals surface area contributed by atoms with Gasteiger partial charge in [0.2, 0.25) is 5.91 Å². The molecular weight excluding hydrogens is 376 g/mol. The van der Waals surface area contributed by atoms with Crippen molar-refractivity contribution in [3.8, 4) is 17.2 Å². The van der Waals surface area contributed by atoms with E-state index in [4.69, 9.17) is 11.1 Å². The van der Waals surface area contributed by atoms with Crippen molar-refractivity contribution in [2.24, 2.45) is 5.73 Å². The van der Waals surface area contributed by atoms with Crippen LogP contribution in [0.25, 0.3) is 11.1 Å². The Morgan fingerprint density at radius 2 is 2.00 bits per heavy atom. The zero-order valence-corrected chi connectivity index (χ0v) is 17.7. The largest absolute Gasteiger partial charge is 0.354 e. The van der Waals surface area contributed by atoms with Crippen molar-refractivity contribution in [3.05, 3.63) is 53.3 Å². The Balaban J connectivity index is 1.70. The van der Waals surface area contributed by atoms with Crippen molar-refractivity contribution >= 4 is 11.7 Å². The number of hydrogen-bond donors (Lipinski definition) is 3. The predicted molar refractivity (Wildman–Crippen MR) is 117 cm³/mol. The van der Waals surface area contributed by atoms with E-state index in [9.17, 15) is 10.1 Å². The molecule has 1 aliphatic rings. The SMILES string of the molecule is CCC(N)(CC)C(=O)N[C@H](C#N)Cc1ccc(-c2cnc3c(c2)CN(C)C3=N)cc1. The van der Waals surface area contributed by atoms with Gasteiger partial charge in [0.1, 0.15) is 17.6 Å². The lowest BCUT2D eigenvalue weighted by molar-refractivity contribution is -0.127. The third kappa shape index (κ3) is 4.19. The van der Waals surface area contributed by atoms with Crippen LogP contribution in [-0.4, -0.2) is 40.3 Å². The summed E-state index contributed by atoms with van der Waals surface area (Å²) in [4.78, 5) is 18.8. The number of hydrogen-bond acceptors (Lipinski definition) is 5. The van der Waals surface area contributed by atoms with Gasteiger partial charge in [-0.1, -0.05) is 38.1 Å². The van der Waals surface area contributed by atoms with E-state index in [1.165, 1.54) is 0 Å². The van der Waals surface area contributed by atoms with Crippen LogP contribution < -0.4 is 11.1 Å². The molecular formula is C23H28N6O. The number of benzene rings is 1. The number of rotatable bonds is 7. The van der Waals surface area contributed by atoms with E-state index in [0.29, 0.717) is 31.6 Å². The topological polar surface area (TPSA) is 119 Å². The van der Waals surface area contributed by atoms with Gasteiger partial charge in [-0.25, -0.2) is 0 Å². The summed E-state index contributed by atoms with van der Waals surface area (Å²) < 4.78 is 0. The van der Waals surface area contributed by atoms with Crippen molar-refractivity contribution in [2.75, 3.05) is 7.05 Å². The number of fused-ring (bicyclic) bond motifs is 1. The highest BCUT2D eigenvalue weighted by molar-refractivity contribution is 5.98. The molecule has 1 aromatic heterocycles. The van der Waals surface area contributed by atoms with E-state index in [1.807, 2.05) is 50.1 Å². The van der Waals surface area contributed by atoms with Gasteiger partial charge in [0.05, 0.1) is 11.6 Å². The van der Waals surface area contributed by atoms with Crippen LogP contribution >= 0.6 is 0 Å². The van der Waals surface area contributed by atoms with E-state index in [0.717, 1.165) is 27.9 Å². The molecule has 30 heavy (non-hydrogen) atoms. The number of carbonyl (C=O) groups excluding carboxylic acids is 1. The molecule has 156 valence electrons. The molecule has 1 amide bonds. The van der Waals surface area contributed by atoms with Crippen LogP contribution in [0.5, 0.6) is 0 Å². The lowest BCUT2D eigenvalue weighted by Crippen LogP contribution is -2.55. The molecule has 4 N–H and O–H groups in total. The first-order chi connectivity index (χ1) is 14.3. The molecule has 3 rings (SSSR count). The van der Waals surface area contributed by atoms with Crippen LogP contribution in [0.4, 0.5) is 0 Å². The van der Waals surface area contributed by atoms with E-state index in [2.05, 4.69) is 22.4 Å². The van der Waals surface area contributed by atoms with E-state index in [-0.39, 0.29) is 5.91 Å². The number of amidine groups is 1. The highest BCUT2D eigenvalue weighted by Crippen LogP contribution is 2.26. The Bertz CT molecular complexity index is 988. The first-order valence-corrected chi connectivity index (χ1v) is 10.2. The van der Waals surface area contributed by atoms with Crippen molar-refractivity contribution in [2.45, 2.75) is 51.2 Å². The monoisotopic (exact) mass is 404 g/mol. The van der Waals surface area contributed by atoms with Crippen molar-refractivity contribution in [1.82, 2.24) is 15.2 Å². The number of nitrogens with zero attached hydrogens (tertiary/aromatic N) is 3.